The molecule has 0 spiro atoms. The second-order valence-corrected chi connectivity index (χ2v) is 5.64. The lowest BCUT2D eigenvalue weighted by atomic mass is 9.80. The molecular weight excluding hydrogens is 314 g/mol. The fourth-order valence-electron chi connectivity index (χ4n) is 2.61. The zero-order chi connectivity index (χ0) is 17.7. The van der Waals surface area contributed by atoms with Gasteiger partial charge < -0.3 is 9.47 Å². The SMILES string of the molecule is CCC(OC(=O)[C@@H](C)C1=CC2C=CC(OC)=CC2C=C1)O[N+](=O)[O-]. The molecule has 0 radical (unpaired) electrons. The molecule has 0 aromatic rings. The molecular formula is C17H21NO6. The summed E-state index contributed by atoms with van der Waals surface area (Å²) >= 11 is 0. The van der Waals surface area contributed by atoms with Crippen LogP contribution in [0.5, 0.6) is 0 Å². The predicted octanol–water partition coefficient (Wildman–Crippen LogP) is 2.94. The summed E-state index contributed by atoms with van der Waals surface area (Å²) in [5, 5.41) is 9.42. The molecule has 0 aliphatic heterocycles. The number of fused-ring (bicyclic) bond motifs is 1. The number of ether oxygens (including phenoxy) is 2. The number of hydrogen-bond acceptors (Lipinski definition) is 6. The first-order chi connectivity index (χ1) is 11.4. The van der Waals surface area contributed by atoms with Gasteiger partial charge in [0.25, 0.3) is 5.09 Å². The Balaban J connectivity index is 2.02. The summed E-state index contributed by atoms with van der Waals surface area (Å²) in [5.41, 5.74) is 0.816. The Bertz CT molecular complexity index is 619. The molecule has 0 aromatic heterocycles. The first-order valence-corrected chi connectivity index (χ1v) is 7.80. The largest absolute Gasteiger partial charge is 0.497 e. The van der Waals surface area contributed by atoms with Crippen LogP contribution in [-0.4, -0.2) is 24.5 Å². The average molecular weight is 335 g/mol. The maximum absolute atomic E-state index is 12.2. The number of nitrogens with zero attached hydrogens (tertiary/aromatic N) is 1. The van der Waals surface area contributed by atoms with Crippen molar-refractivity contribution in [3.63, 3.8) is 0 Å². The summed E-state index contributed by atoms with van der Waals surface area (Å²) < 4.78 is 10.3. The first kappa shape index (κ1) is 17.8. The fraction of sp³-hybridized carbons (Fsp3) is 0.471. The molecule has 130 valence electrons. The third kappa shape index (κ3) is 4.24. The van der Waals surface area contributed by atoms with Crippen LogP contribution >= 0.6 is 0 Å². The summed E-state index contributed by atoms with van der Waals surface area (Å²) in [6.45, 7) is 3.35. The third-order valence-electron chi connectivity index (χ3n) is 4.05. The van der Waals surface area contributed by atoms with Crippen LogP contribution in [0.4, 0.5) is 0 Å². The van der Waals surface area contributed by atoms with Crippen molar-refractivity contribution in [3.8, 4) is 0 Å². The minimum Gasteiger partial charge on any atom is -0.497 e. The molecule has 2 aliphatic rings. The lowest BCUT2D eigenvalue weighted by molar-refractivity contribution is -0.779. The van der Waals surface area contributed by atoms with E-state index in [0.29, 0.717) is 0 Å². The van der Waals surface area contributed by atoms with Gasteiger partial charge in [-0.1, -0.05) is 31.2 Å². The van der Waals surface area contributed by atoms with Crippen molar-refractivity contribution >= 4 is 5.97 Å². The van der Waals surface area contributed by atoms with E-state index in [1.54, 1.807) is 21.0 Å². The molecule has 0 amide bonds. The molecule has 3 unspecified atom stereocenters. The number of esters is 1. The average Bonchev–Trinajstić information content (AvgIpc) is 2.58. The van der Waals surface area contributed by atoms with Crippen LogP contribution in [0, 0.1) is 27.9 Å². The Morgan fingerprint density at radius 1 is 1.29 bits per heavy atom. The highest BCUT2D eigenvalue weighted by molar-refractivity contribution is 5.76. The zero-order valence-electron chi connectivity index (χ0n) is 13.9. The lowest BCUT2D eigenvalue weighted by Crippen LogP contribution is -2.28. The lowest BCUT2D eigenvalue weighted by Gasteiger charge is -2.26. The monoisotopic (exact) mass is 335 g/mol. The van der Waals surface area contributed by atoms with Crippen molar-refractivity contribution in [1.82, 2.24) is 0 Å². The minimum atomic E-state index is -1.18. The van der Waals surface area contributed by atoms with Crippen molar-refractivity contribution in [2.75, 3.05) is 7.11 Å². The Morgan fingerprint density at radius 3 is 2.58 bits per heavy atom. The van der Waals surface area contributed by atoms with E-state index in [2.05, 4.69) is 4.84 Å². The first-order valence-electron chi connectivity index (χ1n) is 7.80. The van der Waals surface area contributed by atoms with Gasteiger partial charge in [-0.15, -0.1) is 10.1 Å². The number of carbonyl (C=O) groups excluding carboxylic acids is 1. The number of allylic oxidation sites excluding steroid dienone is 6. The highest BCUT2D eigenvalue weighted by Gasteiger charge is 2.27. The van der Waals surface area contributed by atoms with E-state index in [1.807, 2.05) is 36.5 Å². The van der Waals surface area contributed by atoms with Gasteiger partial charge in [-0.2, -0.15) is 0 Å². The Hall–Kier alpha value is -2.57. The van der Waals surface area contributed by atoms with Crippen molar-refractivity contribution < 1.29 is 24.2 Å². The summed E-state index contributed by atoms with van der Waals surface area (Å²) in [7, 11) is 1.62. The van der Waals surface area contributed by atoms with Crippen LogP contribution in [0.3, 0.4) is 0 Å². The molecule has 0 saturated heterocycles. The number of methoxy groups -OCH3 is 1. The zero-order valence-corrected chi connectivity index (χ0v) is 13.9. The molecule has 2 aliphatic carbocycles. The molecule has 0 heterocycles. The van der Waals surface area contributed by atoms with Gasteiger partial charge in [-0.05, 0) is 24.6 Å². The highest BCUT2D eigenvalue weighted by Crippen LogP contribution is 2.33. The van der Waals surface area contributed by atoms with E-state index in [9.17, 15) is 14.9 Å². The summed E-state index contributed by atoms with van der Waals surface area (Å²) in [4.78, 5) is 26.9. The smallest absolute Gasteiger partial charge is 0.315 e. The molecule has 0 saturated carbocycles. The topological polar surface area (TPSA) is 87.9 Å². The summed E-state index contributed by atoms with van der Waals surface area (Å²) in [5.74, 6) is 0.0703. The number of hydrogen-bond donors (Lipinski definition) is 0. The minimum absolute atomic E-state index is 0.149. The Kier molecular flexibility index (Phi) is 5.78. The van der Waals surface area contributed by atoms with Crippen LogP contribution in [0.1, 0.15) is 20.3 Å². The second kappa shape index (κ2) is 7.81. The van der Waals surface area contributed by atoms with Gasteiger partial charge in [0.1, 0.15) is 5.76 Å². The normalized spacial score (nSPS) is 24.1. The molecule has 0 fully saturated rings. The standard InChI is InChI=1S/C17H21NO6/c1-4-16(24-18(20)21)23-17(19)11(2)12-5-6-14-10-15(22-3)8-7-13(14)9-12/h5-11,13-14,16H,4H2,1-3H3/t11-,13?,14?,16?/m0/s1. The fourth-order valence-corrected chi connectivity index (χ4v) is 2.61. The van der Waals surface area contributed by atoms with Gasteiger partial charge in [0.2, 0.25) is 6.29 Å². The third-order valence-corrected chi connectivity index (χ3v) is 4.05. The van der Waals surface area contributed by atoms with E-state index in [1.165, 1.54) is 0 Å². The van der Waals surface area contributed by atoms with Gasteiger partial charge in [-0.25, -0.2) is 0 Å². The van der Waals surface area contributed by atoms with Crippen LogP contribution < -0.4 is 0 Å². The Labute approximate surface area is 140 Å². The Morgan fingerprint density at radius 2 is 1.96 bits per heavy atom. The van der Waals surface area contributed by atoms with Gasteiger partial charge >= 0.3 is 5.97 Å². The van der Waals surface area contributed by atoms with E-state index in [0.717, 1.165) is 11.3 Å². The summed E-state index contributed by atoms with van der Waals surface area (Å²) in [6.07, 6.45) is 10.9. The van der Waals surface area contributed by atoms with Gasteiger partial charge in [0.05, 0.1) is 13.0 Å². The maximum atomic E-state index is 12.2. The van der Waals surface area contributed by atoms with Crippen molar-refractivity contribution in [1.29, 1.82) is 0 Å². The highest BCUT2D eigenvalue weighted by atomic mass is 17.0. The van der Waals surface area contributed by atoms with Crippen molar-refractivity contribution in [2.24, 2.45) is 17.8 Å². The van der Waals surface area contributed by atoms with Gasteiger partial charge in [-0.3, -0.25) is 9.63 Å². The molecule has 0 bridgehead atoms. The van der Waals surface area contributed by atoms with E-state index >= 15 is 0 Å². The van der Waals surface area contributed by atoms with Gasteiger partial charge in [0.15, 0.2) is 0 Å². The van der Waals surface area contributed by atoms with E-state index < -0.39 is 23.3 Å². The predicted molar refractivity (Wildman–Crippen MR) is 85.8 cm³/mol. The van der Waals surface area contributed by atoms with Crippen molar-refractivity contribution in [3.05, 3.63) is 57.9 Å². The second-order valence-electron chi connectivity index (χ2n) is 5.64. The molecule has 0 aromatic carbocycles. The quantitative estimate of drug-likeness (QED) is 0.308. The van der Waals surface area contributed by atoms with E-state index in [4.69, 9.17) is 9.47 Å². The summed E-state index contributed by atoms with van der Waals surface area (Å²) in [6, 6.07) is 0. The van der Waals surface area contributed by atoms with E-state index in [-0.39, 0.29) is 18.3 Å². The van der Waals surface area contributed by atoms with Crippen LogP contribution in [0.15, 0.2) is 47.8 Å². The molecule has 2 rings (SSSR count). The van der Waals surface area contributed by atoms with Crippen LogP contribution in [-0.2, 0) is 19.1 Å². The number of carbonyl (C=O) groups is 1. The number of rotatable bonds is 7. The van der Waals surface area contributed by atoms with Gasteiger partial charge in [0, 0.05) is 18.3 Å². The molecule has 0 N–H and O–H groups in total. The van der Waals surface area contributed by atoms with Crippen LogP contribution in [0.25, 0.3) is 0 Å². The maximum Gasteiger partial charge on any atom is 0.315 e. The molecule has 24 heavy (non-hydrogen) atoms. The molecule has 7 nitrogen and oxygen atoms in total. The molecule has 4 atom stereocenters. The molecule has 7 heteroatoms. The van der Waals surface area contributed by atoms with Crippen LogP contribution in [0.2, 0.25) is 0 Å². The van der Waals surface area contributed by atoms with Crippen molar-refractivity contribution in [2.45, 2.75) is 26.6 Å².